The number of hydrogen-bond donors (Lipinski definition) is 3. The number of H-pyrrole nitrogens is 1. The second-order valence-corrected chi connectivity index (χ2v) is 9.48. The lowest BCUT2D eigenvalue weighted by Gasteiger charge is -2.39. The molecule has 2 unspecified atom stereocenters. The molecule has 1 aliphatic heterocycles. The Balaban J connectivity index is 1.32. The van der Waals surface area contributed by atoms with Crippen LogP contribution in [0.4, 0.5) is 10.7 Å². The van der Waals surface area contributed by atoms with E-state index in [1.165, 1.54) is 4.90 Å². The number of nitrogens with one attached hydrogen (secondary N) is 2. The lowest BCUT2D eigenvalue weighted by atomic mass is 9.92. The second-order valence-electron chi connectivity index (χ2n) is 9.48. The number of aliphatic hydroxyl groups is 1. The van der Waals surface area contributed by atoms with Gasteiger partial charge < -0.3 is 14.8 Å². The molecule has 2 atom stereocenters. The quantitative estimate of drug-likeness (QED) is 0.266. The first-order valence-corrected chi connectivity index (χ1v) is 12.6. The predicted octanol–water partition coefficient (Wildman–Crippen LogP) is 5.72. The molecule has 1 aromatic heterocycles. The average molecular weight is 519 g/mol. The van der Waals surface area contributed by atoms with Crippen LogP contribution in [0, 0.1) is 0 Å². The van der Waals surface area contributed by atoms with Crippen LogP contribution < -0.4 is 5.32 Å². The van der Waals surface area contributed by atoms with E-state index in [9.17, 15) is 14.7 Å². The monoisotopic (exact) mass is 518 g/mol. The Morgan fingerprint density at radius 3 is 2.46 bits per heavy atom. The second kappa shape index (κ2) is 9.74. The number of benzene rings is 4. The SMILES string of the molecule is CC(c1ccccc1)N1C(=O)c2ccccc2C1(O)c1ccc2[nH]c(NC(=O)OCc3ccccc3)nc2c1. The lowest BCUT2D eigenvalue weighted by molar-refractivity contribution is -0.0676. The normalized spacial score (nSPS) is 17.2. The van der Waals surface area contributed by atoms with Gasteiger partial charge in [0.1, 0.15) is 6.61 Å². The molecule has 6 rings (SSSR count). The number of fused-ring (bicyclic) bond motifs is 2. The minimum absolute atomic E-state index is 0.132. The third kappa shape index (κ3) is 4.30. The van der Waals surface area contributed by atoms with E-state index in [0.29, 0.717) is 27.7 Å². The van der Waals surface area contributed by atoms with Gasteiger partial charge in [-0.2, -0.15) is 0 Å². The van der Waals surface area contributed by atoms with E-state index in [-0.39, 0.29) is 18.5 Å². The first-order valence-electron chi connectivity index (χ1n) is 12.6. The fraction of sp³-hybridized carbons (Fsp3) is 0.129. The summed E-state index contributed by atoms with van der Waals surface area (Å²) in [5.74, 6) is -0.0419. The Morgan fingerprint density at radius 2 is 1.69 bits per heavy atom. The summed E-state index contributed by atoms with van der Waals surface area (Å²) >= 11 is 0. The Hall–Kier alpha value is -4.95. The van der Waals surface area contributed by atoms with Gasteiger partial charge in [0, 0.05) is 16.7 Å². The van der Waals surface area contributed by atoms with E-state index in [1.54, 1.807) is 36.4 Å². The number of carbonyl (C=O) groups excluding carboxylic acids is 2. The summed E-state index contributed by atoms with van der Waals surface area (Å²) in [5.41, 5.74) is 2.67. The number of aromatic amines is 1. The molecular formula is C31H26N4O4. The number of carbonyl (C=O) groups is 2. The number of ether oxygens (including phenoxy) is 1. The van der Waals surface area contributed by atoms with Crippen LogP contribution in [-0.2, 0) is 17.1 Å². The molecule has 3 N–H and O–H groups in total. The summed E-state index contributed by atoms with van der Waals surface area (Å²) in [5, 5.41) is 15.0. The van der Waals surface area contributed by atoms with Crippen molar-refractivity contribution < 1.29 is 19.4 Å². The first kappa shape index (κ1) is 24.4. The number of rotatable bonds is 6. The molecule has 8 heteroatoms. The largest absolute Gasteiger partial charge is 0.444 e. The molecule has 194 valence electrons. The van der Waals surface area contributed by atoms with Crippen molar-refractivity contribution in [3.63, 3.8) is 0 Å². The smallest absolute Gasteiger partial charge is 0.414 e. The molecule has 4 aromatic carbocycles. The molecule has 0 fully saturated rings. The standard InChI is InChI=1S/C31H26N4O4/c1-20(22-12-6-3-7-13-22)35-28(36)24-14-8-9-15-25(24)31(35,38)23-16-17-26-27(18-23)33-29(32-26)34-30(37)39-19-21-10-4-2-5-11-21/h2-18,20,38H,19H2,1H3,(H2,32,33,34,37). The number of anilines is 1. The van der Waals surface area contributed by atoms with Crippen molar-refractivity contribution in [3.8, 4) is 0 Å². The van der Waals surface area contributed by atoms with Gasteiger partial charge in [0.2, 0.25) is 5.95 Å². The van der Waals surface area contributed by atoms with Gasteiger partial charge in [0.15, 0.2) is 5.72 Å². The van der Waals surface area contributed by atoms with Crippen LogP contribution in [0.3, 0.4) is 0 Å². The van der Waals surface area contributed by atoms with E-state index >= 15 is 0 Å². The van der Waals surface area contributed by atoms with Gasteiger partial charge >= 0.3 is 6.09 Å². The van der Waals surface area contributed by atoms with Crippen molar-refractivity contribution in [2.24, 2.45) is 0 Å². The van der Waals surface area contributed by atoms with E-state index < -0.39 is 17.9 Å². The molecule has 1 aliphatic rings. The summed E-state index contributed by atoms with van der Waals surface area (Å²) in [4.78, 5) is 35.0. The molecule has 5 aromatic rings. The van der Waals surface area contributed by atoms with Crippen molar-refractivity contribution in [1.29, 1.82) is 0 Å². The first-order chi connectivity index (χ1) is 18.9. The summed E-state index contributed by atoms with van der Waals surface area (Å²) in [6.07, 6.45) is -0.644. The molecule has 2 amide bonds. The molecule has 39 heavy (non-hydrogen) atoms. The van der Waals surface area contributed by atoms with Crippen LogP contribution >= 0.6 is 0 Å². The maximum atomic E-state index is 13.6. The van der Waals surface area contributed by atoms with Gasteiger partial charge in [-0.25, -0.2) is 9.78 Å². The zero-order valence-electron chi connectivity index (χ0n) is 21.2. The van der Waals surface area contributed by atoms with Crippen LogP contribution in [0.2, 0.25) is 0 Å². The highest BCUT2D eigenvalue weighted by atomic mass is 16.5. The van der Waals surface area contributed by atoms with Crippen LogP contribution in [-0.4, -0.2) is 32.0 Å². The molecule has 0 saturated heterocycles. The van der Waals surface area contributed by atoms with E-state index in [4.69, 9.17) is 4.74 Å². The highest BCUT2D eigenvalue weighted by Gasteiger charge is 2.52. The lowest BCUT2D eigenvalue weighted by Crippen LogP contribution is -2.46. The minimum Gasteiger partial charge on any atom is -0.444 e. The highest BCUT2D eigenvalue weighted by Crippen LogP contribution is 2.47. The zero-order valence-corrected chi connectivity index (χ0v) is 21.2. The Bertz CT molecular complexity index is 1670. The highest BCUT2D eigenvalue weighted by molar-refractivity contribution is 6.01. The predicted molar refractivity (Wildman–Crippen MR) is 147 cm³/mol. The van der Waals surface area contributed by atoms with Crippen LogP contribution in [0.25, 0.3) is 11.0 Å². The molecule has 0 aliphatic carbocycles. The van der Waals surface area contributed by atoms with Crippen LogP contribution in [0.15, 0.2) is 103 Å². The summed E-state index contributed by atoms with van der Waals surface area (Å²) in [6, 6.07) is 30.9. The van der Waals surface area contributed by atoms with Crippen LogP contribution in [0.1, 0.15) is 45.6 Å². The third-order valence-corrected chi connectivity index (χ3v) is 7.09. The van der Waals surface area contributed by atoms with Crippen molar-refractivity contribution in [2.75, 3.05) is 5.32 Å². The third-order valence-electron chi connectivity index (χ3n) is 7.09. The van der Waals surface area contributed by atoms with Gasteiger partial charge in [0.25, 0.3) is 5.91 Å². The number of imidazole rings is 1. The van der Waals surface area contributed by atoms with Gasteiger partial charge in [-0.3, -0.25) is 15.0 Å². The van der Waals surface area contributed by atoms with Crippen molar-refractivity contribution in [1.82, 2.24) is 14.9 Å². The molecule has 2 heterocycles. The zero-order chi connectivity index (χ0) is 27.0. The summed E-state index contributed by atoms with van der Waals surface area (Å²) in [7, 11) is 0. The molecule has 0 radical (unpaired) electrons. The van der Waals surface area contributed by atoms with Crippen molar-refractivity contribution in [3.05, 3.63) is 131 Å². The summed E-state index contributed by atoms with van der Waals surface area (Å²) < 4.78 is 5.29. The molecule has 0 saturated carbocycles. The minimum atomic E-state index is -1.72. The van der Waals surface area contributed by atoms with Gasteiger partial charge in [-0.15, -0.1) is 0 Å². The number of amides is 2. The molecule has 0 bridgehead atoms. The van der Waals surface area contributed by atoms with Gasteiger partial charge in [0.05, 0.1) is 17.1 Å². The van der Waals surface area contributed by atoms with E-state index in [1.807, 2.05) is 73.7 Å². The van der Waals surface area contributed by atoms with Gasteiger partial charge in [-0.05, 0) is 36.2 Å². The Kier molecular flexibility index (Phi) is 6.09. The maximum absolute atomic E-state index is 13.6. The fourth-order valence-electron chi connectivity index (χ4n) is 5.15. The number of nitrogens with zero attached hydrogens (tertiary/aromatic N) is 2. The number of hydrogen-bond acceptors (Lipinski definition) is 5. The van der Waals surface area contributed by atoms with E-state index in [2.05, 4.69) is 15.3 Å². The van der Waals surface area contributed by atoms with Crippen molar-refractivity contribution >= 4 is 29.0 Å². The van der Waals surface area contributed by atoms with E-state index in [0.717, 1.165) is 11.1 Å². The number of aromatic nitrogens is 2. The van der Waals surface area contributed by atoms with Gasteiger partial charge in [-0.1, -0.05) is 84.9 Å². The van der Waals surface area contributed by atoms with Crippen molar-refractivity contribution in [2.45, 2.75) is 25.3 Å². The molecular weight excluding hydrogens is 492 g/mol. The maximum Gasteiger partial charge on any atom is 0.414 e. The summed E-state index contributed by atoms with van der Waals surface area (Å²) in [6.45, 7) is 2.03. The molecule has 8 nitrogen and oxygen atoms in total. The Labute approximate surface area is 224 Å². The average Bonchev–Trinajstić information content (AvgIpc) is 3.48. The fourth-order valence-corrected chi connectivity index (χ4v) is 5.15. The van der Waals surface area contributed by atoms with Crippen LogP contribution in [0.5, 0.6) is 0 Å². The Morgan fingerprint density at radius 1 is 1.00 bits per heavy atom. The molecule has 0 spiro atoms. The topological polar surface area (TPSA) is 108 Å².